The van der Waals surface area contributed by atoms with Gasteiger partial charge in [-0.1, -0.05) is 26.0 Å². The molecule has 1 fully saturated rings. The SMILES string of the molecule is CC1CC(N)CC2C=CC(C)(C1)C2. The van der Waals surface area contributed by atoms with Gasteiger partial charge in [-0.3, -0.25) is 0 Å². The summed E-state index contributed by atoms with van der Waals surface area (Å²) in [5.74, 6) is 1.57. The van der Waals surface area contributed by atoms with Crippen molar-refractivity contribution in [3.05, 3.63) is 12.2 Å². The number of rotatable bonds is 0. The lowest BCUT2D eigenvalue weighted by atomic mass is 9.74. The molecule has 2 aliphatic carbocycles. The van der Waals surface area contributed by atoms with Crippen LogP contribution in [-0.2, 0) is 0 Å². The summed E-state index contributed by atoms with van der Waals surface area (Å²) in [6.45, 7) is 4.74. The average Bonchev–Trinajstić information content (AvgIpc) is 2.29. The molecular formula is C12H21N. The van der Waals surface area contributed by atoms with Gasteiger partial charge in [-0.2, -0.15) is 0 Å². The fourth-order valence-electron chi connectivity index (χ4n) is 3.30. The highest BCUT2D eigenvalue weighted by Crippen LogP contribution is 2.44. The monoisotopic (exact) mass is 179 g/mol. The second-order valence-electron chi connectivity index (χ2n) is 5.52. The van der Waals surface area contributed by atoms with Crippen LogP contribution in [0, 0.1) is 17.3 Å². The van der Waals surface area contributed by atoms with E-state index in [1.165, 1.54) is 25.7 Å². The van der Waals surface area contributed by atoms with Gasteiger partial charge in [0.05, 0.1) is 0 Å². The van der Waals surface area contributed by atoms with Gasteiger partial charge in [-0.15, -0.1) is 0 Å². The van der Waals surface area contributed by atoms with Crippen LogP contribution in [-0.4, -0.2) is 6.04 Å². The topological polar surface area (TPSA) is 26.0 Å². The molecule has 74 valence electrons. The minimum Gasteiger partial charge on any atom is -0.328 e. The number of hydrogen-bond acceptors (Lipinski definition) is 1. The van der Waals surface area contributed by atoms with Crippen molar-refractivity contribution in [3.63, 3.8) is 0 Å². The molecule has 0 aromatic rings. The molecule has 2 aliphatic rings. The van der Waals surface area contributed by atoms with E-state index in [4.69, 9.17) is 5.73 Å². The summed E-state index contributed by atoms with van der Waals surface area (Å²) in [4.78, 5) is 0. The van der Waals surface area contributed by atoms with Gasteiger partial charge in [-0.05, 0) is 42.9 Å². The summed E-state index contributed by atoms with van der Waals surface area (Å²) in [7, 11) is 0. The zero-order chi connectivity index (χ0) is 9.47. The fourth-order valence-corrected chi connectivity index (χ4v) is 3.30. The Labute approximate surface area is 81.4 Å². The quantitative estimate of drug-likeness (QED) is 0.568. The summed E-state index contributed by atoms with van der Waals surface area (Å²) in [6.07, 6.45) is 9.92. The Morgan fingerprint density at radius 2 is 2.08 bits per heavy atom. The summed E-state index contributed by atoms with van der Waals surface area (Å²) < 4.78 is 0. The maximum Gasteiger partial charge on any atom is 0.00469 e. The molecule has 1 saturated carbocycles. The van der Waals surface area contributed by atoms with E-state index in [2.05, 4.69) is 26.0 Å². The Bertz CT molecular complexity index is 221. The molecule has 0 amide bonds. The number of hydrogen-bond donors (Lipinski definition) is 1. The van der Waals surface area contributed by atoms with Crippen LogP contribution in [0.2, 0.25) is 0 Å². The van der Waals surface area contributed by atoms with Crippen molar-refractivity contribution in [1.29, 1.82) is 0 Å². The van der Waals surface area contributed by atoms with Gasteiger partial charge in [0.1, 0.15) is 0 Å². The Morgan fingerprint density at radius 3 is 2.85 bits per heavy atom. The summed E-state index contributed by atoms with van der Waals surface area (Å²) in [5, 5.41) is 0. The minimum atomic E-state index is 0.437. The molecule has 2 bridgehead atoms. The first-order valence-corrected chi connectivity index (χ1v) is 5.52. The van der Waals surface area contributed by atoms with Gasteiger partial charge >= 0.3 is 0 Å². The third kappa shape index (κ3) is 1.96. The largest absolute Gasteiger partial charge is 0.328 e. The Kier molecular flexibility index (Phi) is 2.23. The normalized spacial score (nSPS) is 50.2. The molecule has 0 aliphatic heterocycles. The summed E-state index contributed by atoms with van der Waals surface area (Å²) in [6, 6.07) is 0.437. The van der Waals surface area contributed by atoms with Crippen LogP contribution < -0.4 is 5.73 Å². The Balaban J connectivity index is 2.13. The molecule has 4 atom stereocenters. The minimum absolute atomic E-state index is 0.437. The summed E-state index contributed by atoms with van der Waals surface area (Å²) in [5.41, 5.74) is 6.58. The molecule has 1 nitrogen and oxygen atoms in total. The smallest absolute Gasteiger partial charge is 0.00469 e. The van der Waals surface area contributed by atoms with E-state index in [1.54, 1.807) is 0 Å². The molecule has 0 aromatic heterocycles. The van der Waals surface area contributed by atoms with Crippen molar-refractivity contribution in [1.82, 2.24) is 0 Å². The van der Waals surface area contributed by atoms with Gasteiger partial charge < -0.3 is 5.73 Å². The van der Waals surface area contributed by atoms with E-state index in [0.29, 0.717) is 11.5 Å². The van der Waals surface area contributed by atoms with Crippen molar-refractivity contribution < 1.29 is 0 Å². The van der Waals surface area contributed by atoms with E-state index in [-0.39, 0.29) is 0 Å². The van der Waals surface area contributed by atoms with Crippen LogP contribution in [0.25, 0.3) is 0 Å². The lowest BCUT2D eigenvalue weighted by molar-refractivity contribution is 0.232. The number of nitrogens with two attached hydrogens (primary N) is 1. The van der Waals surface area contributed by atoms with Crippen molar-refractivity contribution in [2.75, 3.05) is 0 Å². The molecule has 0 saturated heterocycles. The van der Waals surface area contributed by atoms with Crippen LogP contribution in [0.3, 0.4) is 0 Å². The van der Waals surface area contributed by atoms with Crippen molar-refractivity contribution >= 4 is 0 Å². The van der Waals surface area contributed by atoms with E-state index >= 15 is 0 Å². The molecule has 2 N–H and O–H groups in total. The number of fused-ring (bicyclic) bond motifs is 2. The predicted molar refractivity (Wildman–Crippen MR) is 56.3 cm³/mol. The fraction of sp³-hybridized carbons (Fsp3) is 0.833. The molecular weight excluding hydrogens is 158 g/mol. The zero-order valence-corrected chi connectivity index (χ0v) is 8.79. The molecule has 0 aromatic carbocycles. The molecule has 0 heterocycles. The highest BCUT2D eigenvalue weighted by molar-refractivity contribution is 5.10. The summed E-state index contributed by atoms with van der Waals surface area (Å²) >= 11 is 0. The van der Waals surface area contributed by atoms with Crippen molar-refractivity contribution in [2.24, 2.45) is 23.0 Å². The third-order valence-corrected chi connectivity index (χ3v) is 3.62. The highest BCUT2D eigenvalue weighted by atomic mass is 14.6. The maximum atomic E-state index is 6.09. The Morgan fingerprint density at radius 1 is 1.31 bits per heavy atom. The van der Waals surface area contributed by atoms with E-state index < -0.39 is 0 Å². The predicted octanol–water partition coefficient (Wildman–Crippen LogP) is 2.72. The van der Waals surface area contributed by atoms with Gasteiger partial charge in [0.25, 0.3) is 0 Å². The van der Waals surface area contributed by atoms with E-state index in [0.717, 1.165) is 11.8 Å². The molecule has 0 radical (unpaired) electrons. The molecule has 2 rings (SSSR count). The van der Waals surface area contributed by atoms with Crippen LogP contribution >= 0.6 is 0 Å². The first-order chi connectivity index (χ1) is 6.07. The van der Waals surface area contributed by atoms with E-state index in [1.807, 2.05) is 0 Å². The molecule has 4 unspecified atom stereocenters. The van der Waals surface area contributed by atoms with Crippen LogP contribution in [0.5, 0.6) is 0 Å². The number of allylic oxidation sites excluding steroid dienone is 2. The maximum absolute atomic E-state index is 6.09. The second-order valence-corrected chi connectivity index (χ2v) is 5.52. The third-order valence-electron chi connectivity index (χ3n) is 3.62. The van der Waals surface area contributed by atoms with Crippen molar-refractivity contribution in [3.8, 4) is 0 Å². The lowest BCUT2D eigenvalue weighted by Crippen LogP contribution is -2.30. The lowest BCUT2D eigenvalue weighted by Gasteiger charge is -2.32. The first kappa shape index (κ1) is 9.26. The van der Waals surface area contributed by atoms with Gasteiger partial charge in [0, 0.05) is 6.04 Å². The van der Waals surface area contributed by atoms with Gasteiger partial charge in [-0.25, -0.2) is 0 Å². The van der Waals surface area contributed by atoms with Crippen LogP contribution in [0.1, 0.15) is 39.5 Å². The zero-order valence-electron chi connectivity index (χ0n) is 8.79. The van der Waals surface area contributed by atoms with Crippen molar-refractivity contribution in [2.45, 2.75) is 45.6 Å². The average molecular weight is 179 g/mol. The molecule has 13 heavy (non-hydrogen) atoms. The second kappa shape index (κ2) is 3.13. The molecule has 0 spiro atoms. The standard InChI is InChI=1S/C12H21N/c1-9-5-11(13)6-10-3-4-12(2,7-9)8-10/h3-4,9-11H,5-8,13H2,1-2H3. The van der Waals surface area contributed by atoms with E-state index in [9.17, 15) is 0 Å². The molecule has 1 heteroatoms. The first-order valence-electron chi connectivity index (χ1n) is 5.52. The van der Waals surface area contributed by atoms with Crippen LogP contribution in [0.4, 0.5) is 0 Å². The van der Waals surface area contributed by atoms with Gasteiger partial charge in [0.2, 0.25) is 0 Å². The van der Waals surface area contributed by atoms with Crippen LogP contribution in [0.15, 0.2) is 12.2 Å². The Hall–Kier alpha value is -0.300. The highest BCUT2D eigenvalue weighted by Gasteiger charge is 2.34. The van der Waals surface area contributed by atoms with Gasteiger partial charge in [0.15, 0.2) is 0 Å².